The molecule has 2 heterocycles. The van der Waals surface area contributed by atoms with Crippen molar-refractivity contribution >= 4 is 22.9 Å². The number of benzene rings is 1. The fraction of sp³-hybridized carbons (Fsp3) is 0.412. The molecule has 0 aliphatic carbocycles. The molecule has 0 bridgehead atoms. The smallest absolute Gasteiger partial charge is 0.275 e. The Kier molecular flexibility index (Phi) is 5.57. The summed E-state index contributed by atoms with van der Waals surface area (Å²) in [7, 11) is 0. The molecular formula is C17H22N4O2S. The Morgan fingerprint density at radius 3 is 2.71 bits per heavy atom. The van der Waals surface area contributed by atoms with Crippen LogP contribution in [0, 0.1) is 0 Å². The van der Waals surface area contributed by atoms with Crippen LogP contribution in [0.1, 0.15) is 34.0 Å². The Bertz CT molecular complexity index is 680. The quantitative estimate of drug-likeness (QED) is 0.868. The van der Waals surface area contributed by atoms with Gasteiger partial charge >= 0.3 is 0 Å². The average molecular weight is 346 g/mol. The molecule has 1 fully saturated rings. The third-order valence-electron chi connectivity index (χ3n) is 4.20. The van der Waals surface area contributed by atoms with Crippen LogP contribution >= 0.6 is 11.3 Å². The lowest BCUT2D eigenvalue weighted by Crippen LogP contribution is -2.37. The number of morpholine rings is 1. The highest BCUT2D eigenvalue weighted by Crippen LogP contribution is 2.23. The summed E-state index contributed by atoms with van der Waals surface area (Å²) >= 11 is 1.40. The van der Waals surface area contributed by atoms with Crippen molar-refractivity contribution in [2.45, 2.75) is 19.5 Å². The lowest BCUT2D eigenvalue weighted by atomic mass is 10.1. The summed E-state index contributed by atoms with van der Waals surface area (Å²) in [6, 6.07) is 8.31. The van der Waals surface area contributed by atoms with Crippen molar-refractivity contribution in [1.29, 1.82) is 0 Å². The van der Waals surface area contributed by atoms with Gasteiger partial charge in [0.2, 0.25) is 0 Å². The zero-order valence-electron chi connectivity index (χ0n) is 13.7. The molecule has 1 amide bonds. The van der Waals surface area contributed by atoms with E-state index in [2.05, 4.69) is 34.3 Å². The number of nitrogens with one attached hydrogen (secondary N) is 1. The summed E-state index contributed by atoms with van der Waals surface area (Å²) < 4.78 is 5.40. The van der Waals surface area contributed by atoms with Crippen molar-refractivity contribution in [1.82, 2.24) is 9.88 Å². The maximum Gasteiger partial charge on any atom is 0.275 e. The highest BCUT2D eigenvalue weighted by molar-refractivity contribution is 7.09. The van der Waals surface area contributed by atoms with Crippen LogP contribution < -0.4 is 11.1 Å². The first-order chi connectivity index (χ1) is 11.7. The van der Waals surface area contributed by atoms with Gasteiger partial charge in [0.05, 0.1) is 13.2 Å². The van der Waals surface area contributed by atoms with Crippen molar-refractivity contribution in [3.63, 3.8) is 0 Å². The Morgan fingerprint density at radius 1 is 1.38 bits per heavy atom. The number of amides is 1. The van der Waals surface area contributed by atoms with Gasteiger partial charge in [0, 0.05) is 36.7 Å². The molecule has 1 aliphatic rings. The molecule has 1 saturated heterocycles. The molecule has 3 rings (SSSR count). The van der Waals surface area contributed by atoms with Crippen LogP contribution in [0.25, 0.3) is 0 Å². The first-order valence-corrected chi connectivity index (χ1v) is 8.93. The second-order valence-corrected chi connectivity index (χ2v) is 6.67. The summed E-state index contributed by atoms with van der Waals surface area (Å²) in [4.78, 5) is 18.8. The summed E-state index contributed by atoms with van der Waals surface area (Å²) in [5.74, 6) is -0.208. The van der Waals surface area contributed by atoms with E-state index in [1.165, 1.54) is 16.9 Å². The van der Waals surface area contributed by atoms with Gasteiger partial charge in [0.15, 0.2) is 0 Å². The standard InChI is InChI=1S/C17H22N4O2S/c1-12(21-6-8-23-9-7-21)13-2-4-14(5-3-13)19-17(22)15-11-24-16(10-18)20-15/h2-5,11-12H,6-10,18H2,1H3,(H,19,22). The summed E-state index contributed by atoms with van der Waals surface area (Å²) in [6.07, 6.45) is 0. The minimum atomic E-state index is -0.208. The molecule has 1 aliphatic heterocycles. The Morgan fingerprint density at radius 2 is 2.08 bits per heavy atom. The van der Waals surface area contributed by atoms with Gasteiger partial charge in [0.25, 0.3) is 5.91 Å². The van der Waals surface area contributed by atoms with Crippen LogP contribution in [-0.4, -0.2) is 42.1 Å². The lowest BCUT2D eigenvalue weighted by molar-refractivity contribution is 0.0198. The fourth-order valence-electron chi connectivity index (χ4n) is 2.72. The molecule has 1 aromatic carbocycles. The number of anilines is 1. The molecule has 1 aromatic heterocycles. The molecule has 0 radical (unpaired) electrons. The van der Waals surface area contributed by atoms with E-state index in [0.717, 1.165) is 37.0 Å². The summed E-state index contributed by atoms with van der Waals surface area (Å²) in [5, 5.41) is 5.36. The van der Waals surface area contributed by atoms with Gasteiger partial charge < -0.3 is 15.8 Å². The van der Waals surface area contributed by atoms with Crippen molar-refractivity contribution in [3.05, 3.63) is 45.9 Å². The molecule has 2 aromatic rings. The first-order valence-electron chi connectivity index (χ1n) is 8.05. The highest BCUT2D eigenvalue weighted by atomic mass is 32.1. The number of rotatable bonds is 5. The van der Waals surface area contributed by atoms with Gasteiger partial charge in [-0.1, -0.05) is 12.1 Å². The van der Waals surface area contributed by atoms with Gasteiger partial charge in [0.1, 0.15) is 10.7 Å². The molecule has 0 spiro atoms. The zero-order valence-corrected chi connectivity index (χ0v) is 14.5. The molecule has 1 atom stereocenters. The Labute approximate surface area is 145 Å². The second kappa shape index (κ2) is 7.85. The number of thiazole rings is 1. The van der Waals surface area contributed by atoms with Gasteiger partial charge in [-0.15, -0.1) is 11.3 Å². The molecule has 1 unspecified atom stereocenters. The lowest BCUT2D eigenvalue weighted by Gasteiger charge is -2.32. The molecule has 3 N–H and O–H groups in total. The minimum Gasteiger partial charge on any atom is -0.379 e. The SMILES string of the molecule is CC(c1ccc(NC(=O)c2csc(CN)n2)cc1)N1CCOCC1. The molecule has 24 heavy (non-hydrogen) atoms. The van der Waals surface area contributed by atoms with Crippen LogP contribution in [-0.2, 0) is 11.3 Å². The molecule has 128 valence electrons. The van der Waals surface area contributed by atoms with E-state index >= 15 is 0 Å². The van der Waals surface area contributed by atoms with Crippen molar-refractivity contribution in [3.8, 4) is 0 Å². The highest BCUT2D eigenvalue weighted by Gasteiger charge is 2.18. The molecular weight excluding hydrogens is 324 g/mol. The number of aromatic nitrogens is 1. The molecule has 7 heteroatoms. The summed E-state index contributed by atoms with van der Waals surface area (Å²) in [5.41, 5.74) is 7.93. The fourth-order valence-corrected chi connectivity index (χ4v) is 3.38. The van der Waals surface area contributed by atoms with Crippen molar-refractivity contribution in [2.24, 2.45) is 5.73 Å². The zero-order chi connectivity index (χ0) is 16.9. The maximum atomic E-state index is 12.2. The largest absolute Gasteiger partial charge is 0.379 e. The predicted molar refractivity (Wildman–Crippen MR) is 95.2 cm³/mol. The van der Waals surface area contributed by atoms with Crippen LogP contribution in [0.4, 0.5) is 5.69 Å². The Hall–Kier alpha value is -1.80. The van der Waals surface area contributed by atoms with Crippen LogP contribution in [0.3, 0.4) is 0 Å². The normalized spacial score (nSPS) is 16.8. The number of nitrogens with two attached hydrogens (primary N) is 1. The molecule has 6 nitrogen and oxygen atoms in total. The van der Waals surface area contributed by atoms with E-state index < -0.39 is 0 Å². The van der Waals surface area contributed by atoms with E-state index in [-0.39, 0.29) is 5.91 Å². The van der Waals surface area contributed by atoms with Crippen molar-refractivity contribution < 1.29 is 9.53 Å². The van der Waals surface area contributed by atoms with E-state index in [0.29, 0.717) is 18.3 Å². The number of hydrogen-bond donors (Lipinski definition) is 2. The van der Waals surface area contributed by atoms with Gasteiger partial charge in [-0.3, -0.25) is 9.69 Å². The average Bonchev–Trinajstić information content (AvgIpc) is 3.12. The van der Waals surface area contributed by atoms with Crippen molar-refractivity contribution in [2.75, 3.05) is 31.6 Å². The van der Waals surface area contributed by atoms with Crippen LogP contribution in [0.5, 0.6) is 0 Å². The van der Waals surface area contributed by atoms with Gasteiger partial charge in [-0.2, -0.15) is 0 Å². The van der Waals surface area contributed by atoms with E-state index in [4.69, 9.17) is 10.5 Å². The number of carbonyl (C=O) groups is 1. The monoisotopic (exact) mass is 346 g/mol. The number of hydrogen-bond acceptors (Lipinski definition) is 6. The number of nitrogens with zero attached hydrogens (tertiary/aromatic N) is 2. The van der Waals surface area contributed by atoms with Gasteiger partial charge in [-0.05, 0) is 24.6 Å². The van der Waals surface area contributed by atoms with E-state index in [1.807, 2.05) is 12.1 Å². The third kappa shape index (κ3) is 3.99. The molecule has 0 saturated carbocycles. The van der Waals surface area contributed by atoms with E-state index in [9.17, 15) is 4.79 Å². The topological polar surface area (TPSA) is 80.5 Å². The van der Waals surface area contributed by atoms with Crippen LogP contribution in [0.15, 0.2) is 29.6 Å². The van der Waals surface area contributed by atoms with E-state index in [1.54, 1.807) is 5.38 Å². The third-order valence-corrected chi connectivity index (χ3v) is 5.07. The Balaban J connectivity index is 1.62. The van der Waals surface area contributed by atoms with Crippen LogP contribution in [0.2, 0.25) is 0 Å². The van der Waals surface area contributed by atoms with Gasteiger partial charge in [-0.25, -0.2) is 4.98 Å². The maximum absolute atomic E-state index is 12.2. The predicted octanol–water partition coefficient (Wildman–Crippen LogP) is 2.25. The number of ether oxygens (including phenoxy) is 1. The second-order valence-electron chi connectivity index (χ2n) is 5.73. The minimum absolute atomic E-state index is 0.208. The first kappa shape index (κ1) is 17.0. The summed E-state index contributed by atoms with van der Waals surface area (Å²) in [6.45, 7) is 6.03. The number of carbonyl (C=O) groups excluding carboxylic acids is 1.